The summed E-state index contributed by atoms with van der Waals surface area (Å²) in [5.41, 5.74) is 1.08. The Morgan fingerprint density at radius 2 is 1.86 bits per heavy atom. The van der Waals surface area contributed by atoms with Crippen LogP contribution in [0.1, 0.15) is 18.4 Å². The molecule has 5 heteroatoms. The average Bonchev–Trinajstić information content (AvgIpc) is 2.57. The van der Waals surface area contributed by atoms with Crippen molar-refractivity contribution in [2.24, 2.45) is 0 Å². The summed E-state index contributed by atoms with van der Waals surface area (Å²) in [6.45, 7) is 0.524. The molecule has 0 aromatic heterocycles. The molecule has 0 aliphatic rings. The molecule has 0 spiro atoms. The van der Waals surface area contributed by atoms with Crippen molar-refractivity contribution >= 4 is 28.6 Å². The van der Waals surface area contributed by atoms with E-state index in [9.17, 15) is 4.79 Å². The molecule has 0 N–H and O–H groups in total. The van der Waals surface area contributed by atoms with Gasteiger partial charge >= 0.3 is 5.97 Å². The molecule has 4 nitrogen and oxygen atoms in total. The molecule has 0 bridgehead atoms. The average molecular weight is 416 g/mol. The largest absolute Gasteiger partial charge is 0.497 e. The van der Waals surface area contributed by atoms with Gasteiger partial charge in [-0.2, -0.15) is 0 Å². The summed E-state index contributed by atoms with van der Waals surface area (Å²) in [4.78, 5) is 11.1. The summed E-state index contributed by atoms with van der Waals surface area (Å²) in [6, 6.07) is 7.79. The lowest BCUT2D eigenvalue weighted by Crippen LogP contribution is -2.11. The lowest BCUT2D eigenvalue weighted by Gasteiger charge is -2.15. The van der Waals surface area contributed by atoms with Crippen molar-refractivity contribution in [2.45, 2.75) is 25.6 Å². The number of carbonyl (C=O) groups is 1. The Kier molecular flexibility index (Phi) is 9.57. The third-order valence-corrected chi connectivity index (χ3v) is 3.50. The first kappa shape index (κ1) is 18.7. The highest BCUT2D eigenvalue weighted by molar-refractivity contribution is 14.1. The highest BCUT2D eigenvalue weighted by Gasteiger charge is 2.07. The van der Waals surface area contributed by atoms with Gasteiger partial charge in [0, 0.05) is 6.08 Å². The number of ether oxygens (including phenoxy) is 3. The van der Waals surface area contributed by atoms with Crippen LogP contribution in [0.2, 0.25) is 0 Å². The first-order chi connectivity index (χ1) is 10.7. The summed E-state index contributed by atoms with van der Waals surface area (Å²) in [5, 5.41) is 0. The molecule has 1 aromatic carbocycles. The zero-order valence-corrected chi connectivity index (χ0v) is 15.0. The van der Waals surface area contributed by atoms with Crippen LogP contribution >= 0.6 is 22.6 Å². The van der Waals surface area contributed by atoms with Crippen molar-refractivity contribution in [3.8, 4) is 5.75 Å². The molecule has 0 saturated carbocycles. The Hall–Kier alpha value is -1.34. The van der Waals surface area contributed by atoms with Gasteiger partial charge in [0.1, 0.15) is 5.75 Å². The predicted octanol–water partition coefficient (Wildman–Crippen LogP) is 4.04. The van der Waals surface area contributed by atoms with Crippen molar-refractivity contribution in [1.29, 1.82) is 0 Å². The monoisotopic (exact) mass is 416 g/mol. The van der Waals surface area contributed by atoms with Crippen LogP contribution in [0.15, 0.2) is 46.6 Å². The number of hydrogen-bond donors (Lipinski definition) is 0. The van der Waals surface area contributed by atoms with Crippen LogP contribution in [-0.2, 0) is 20.9 Å². The van der Waals surface area contributed by atoms with Crippen LogP contribution in [0.25, 0.3) is 0 Å². The van der Waals surface area contributed by atoms with E-state index in [1.807, 2.05) is 34.4 Å². The summed E-state index contributed by atoms with van der Waals surface area (Å²) < 4.78 is 17.6. The van der Waals surface area contributed by atoms with Crippen molar-refractivity contribution in [1.82, 2.24) is 0 Å². The molecule has 1 rings (SSSR count). The topological polar surface area (TPSA) is 44.8 Å². The van der Waals surface area contributed by atoms with Crippen LogP contribution < -0.4 is 4.74 Å². The number of halogens is 1. The molecule has 0 unspecified atom stereocenters. The molecular weight excluding hydrogens is 395 g/mol. The minimum Gasteiger partial charge on any atom is -0.497 e. The van der Waals surface area contributed by atoms with Gasteiger partial charge in [-0.25, -0.2) is 4.79 Å². The van der Waals surface area contributed by atoms with Crippen LogP contribution in [-0.4, -0.2) is 26.3 Å². The lowest BCUT2D eigenvalue weighted by molar-refractivity contribution is -0.134. The molecule has 1 atom stereocenters. The van der Waals surface area contributed by atoms with E-state index in [2.05, 4.69) is 27.3 Å². The molecule has 120 valence electrons. The Morgan fingerprint density at radius 1 is 1.18 bits per heavy atom. The number of methoxy groups -OCH3 is 2. The maximum Gasteiger partial charge on any atom is 0.330 e. The SMILES string of the molecule is COC(=O)/C=C/C[C@@H](C/C=C/I)OCc1ccc(OC)cc1. The molecule has 1 aromatic rings. The van der Waals surface area contributed by atoms with Crippen LogP contribution in [0.3, 0.4) is 0 Å². The highest BCUT2D eigenvalue weighted by Crippen LogP contribution is 2.15. The lowest BCUT2D eigenvalue weighted by atomic mass is 10.1. The smallest absolute Gasteiger partial charge is 0.330 e. The molecule has 0 heterocycles. The van der Waals surface area contributed by atoms with Crippen molar-refractivity contribution in [3.63, 3.8) is 0 Å². The summed E-state index contributed by atoms with van der Waals surface area (Å²) in [6.07, 6.45) is 6.74. The molecule has 0 fully saturated rings. The van der Waals surface area contributed by atoms with Gasteiger partial charge in [0.05, 0.1) is 26.9 Å². The second kappa shape index (κ2) is 11.3. The van der Waals surface area contributed by atoms with Crippen molar-refractivity contribution < 1.29 is 19.0 Å². The van der Waals surface area contributed by atoms with E-state index in [-0.39, 0.29) is 12.1 Å². The van der Waals surface area contributed by atoms with E-state index in [4.69, 9.17) is 9.47 Å². The third-order valence-electron chi connectivity index (χ3n) is 2.99. The van der Waals surface area contributed by atoms with Crippen LogP contribution in [0.5, 0.6) is 5.75 Å². The van der Waals surface area contributed by atoms with E-state index in [1.54, 1.807) is 13.2 Å². The second-order valence-electron chi connectivity index (χ2n) is 4.54. The summed E-state index contributed by atoms with van der Waals surface area (Å²) in [5.74, 6) is 0.479. The number of hydrogen-bond acceptors (Lipinski definition) is 4. The first-order valence-electron chi connectivity index (χ1n) is 6.93. The molecule has 22 heavy (non-hydrogen) atoms. The standard InChI is InChI=1S/C17H21IO4/c1-20-15-10-8-14(9-11-15)13-22-16(6-4-12-18)5-3-7-17(19)21-2/h3-4,7-12,16H,5-6,13H2,1-2H3/b7-3+,12-4+/t16-/m0/s1. The molecule has 0 aliphatic carbocycles. The van der Waals surface area contributed by atoms with Crippen LogP contribution in [0.4, 0.5) is 0 Å². The maximum atomic E-state index is 11.1. The van der Waals surface area contributed by atoms with Gasteiger partial charge in [-0.15, -0.1) is 0 Å². The first-order valence-corrected chi connectivity index (χ1v) is 8.18. The van der Waals surface area contributed by atoms with E-state index >= 15 is 0 Å². The van der Waals surface area contributed by atoms with Gasteiger partial charge < -0.3 is 14.2 Å². The Morgan fingerprint density at radius 3 is 2.45 bits per heavy atom. The van der Waals surface area contributed by atoms with Gasteiger partial charge in [-0.1, -0.05) is 46.9 Å². The summed E-state index contributed by atoms with van der Waals surface area (Å²) >= 11 is 2.18. The van der Waals surface area contributed by atoms with E-state index < -0.39 is 0 Å². The van der Waals surface area contributed by atoms with Crippen molar-refractivity contribution in [2.75, 3.05) is 14.2 Å². The van der Waals surface area contributed by atoms with Gasteiger partial charge in [-0.3, -0.25) is 0 Å². The minimum absolute atomic E-state index is 0.0222. The third kappa shape index (κ3) is 7.61. The fourth-order valence-electron chi connectivity index (χ4n) is 1.76. The van der Waals surface area contributed by atoms with Crippen LogP contribution in [0, 0.1) is 0 Å². The van der Waals surface area contributed by atoms with Gasteiger partial charge in [0.25, 0.3) is 0 Å². The second-order valence-corrected chi connectivity index (χ2v) is 5.26. The summed E-state index contributed by atoms with van der Waals surface area (Å²) in [7, 11) is 3.01. The van der Waals surface area contributed by atoms with Crippen molar-refractivity contribution in [3.05, 3.63) is 52.1 Å². The molecule has 0 amide bonds. The van der Waals surface area contributed by atoms with Gasteiger partial charge in [-0.05, 0) is 34.6 Å². The zero-order valence-electron chi connectivity index (χ0n) is 12.8. The number of esters is 1. The normalized spacial score (nSPS) is 12.7. The highest BCUT2D eigenvalue weighted by atomic mass is 127. The van der Waals surface area contributed by atoms with Gasteiger partial charge in [0.15, 0.2) is 0 Å². The van der Waals surface area contributed by atoms with Gasteiger partial charge in [0.2, 0.25) is 0 Å². The Balaban J connectivity index is 2.52. The zero-order chi connectivity index (χ0) is 16.2. The molecule has 0 saturated heterocycles. The number of benzene rings is 1. The van der Waals surface area contributed by atoms with E-state index in [0.29, 0.717) is 13.0 Å². The molecule has 0 radical (unpaired) electrons. The fraction of sp³-hybridized carbons (Fsp3) is 0.353. The maximum absolute atomic E-state index is 11.1. The molecule has 0 aliphatic heterocycles. The Labute approximate surface area is 145 Å². The number of carbonyl (C=O) groups excluding carboxylic acids is 1. The minimum atomic E-state index is -0.349. The number of rotatable bonds is 9. The predicted molar refractivity (Wildman–Crippen MR) is 95.1 cm³/mol. The van der Waals surface area contributed by atoms with E-state index in [0.717, 1.165) is 17.7 Å². The molecular formula is C17H21IO4. The Bertz CT molecular complexity index is 494. The van der Waals surface area contributed by atoms with E-state index in [1.165, 1.54) is 13.2 Å². The fourth-order valence-corrected chi connectivity index (χ4v) is 2.05. The quantitative estimate of drug-likeness (QED) is 0.346.